The van der Waals surface area contributed by atoms with Gasteiger partial charge in [0, 0.05) is 30.7 Å². The van der Waals surface area contributed by atoms with Crippen LogP contribution in [0.5, 0.6) is 0 Å². The highest BCUT2D eigenvalue weighted by atomic mass is 16.4. The van der Waals surface area contributed by atoms with Crippen LogP contribution in [0.25, 0.3) is 11.0 Å². The number of aliphatic hydroxyl groups excluding tert-OH is 1. The zero-order valence-electron chi connectivity index (χ0n) is 16.5. The first kappa shape index (κ1) is 18.8. The van der Waals surface area contributed by atoms with Gasteiger partial charge in [0.25, 0.3) is 0 Å². The molecule has 3 N–H and O–H groups in total. The number of nitrogens with zero attached hydrogens (tertiary/aromatic N) is 5. The Morgan fingerprint density at radius 3 is 2.63 bits per heavy atom. The third-order valence-electron chi connectivity index (χ3n) is 6.00. The molecular weight excluding hydrogens is 384 g/mol. The van der Waals surface area contributed by atoms with E-state index in [2.05, 4.69) is 25.2 Å². The van der Waals surface area contributed by atoms with Gasteiger partial charge in [-0.3, -0.25) is 0 Å². The zero-order chi connectivity index (χ0) is 20.7. The third-order valence-corrected chi connectivity index (χ3v) is 6.00. The Morgan fingerprint density at radius 2 is 1.97 bits per heavy atom. The SMILES string of the molecule is O=C(O)c1cc2cnc(Nc3ccc(N4CC[C@H](O)C4)cn3)nc2n1C1CCCC1. The third kappa shape index (κ3) is 3.45. The number of anilines is 3. The van der Waals surface area contributed by atoms with E-state index in [-0.39, 0.29) is 17.8 Å². The molecule has 3 aromatic heterocycles. The first-order valence-corrected chi connectivity index (χ1v) is 10.4. The summed E-state index contributed by atoms with van der Waals surface area (Å²) >= 11 is 0. The van der Waals surface area contributed by atoms with Crippen molar-refractivity contribution in [3.8, 4) is 0 Å². The van der Waals surface area contributed by atoms with Crippen LogP contribution in [0.15, 0.2) is 30.6 Å². The first-order valence-electron chi connectivity index (χ1n) is 10.4. The van der Waals surface area contributed by atoms with Crippen LogP contribution in [0.4, 0.5) is 17.5 Å². The summed E-state index contributed by atoms with van der Waals surface area (Å²) in [5.74, 6) is 0.0441. The van der Waals surface area contributed by atoms with Gasteiger partial charge in [-0.2, -0.15) is 4.98 Å². The number of pyridine rings is 1. The minimum atomic E-state index is -0.946. The number of hydrogen-bond donors (Lipinski definition) is 3. The molecule has 0 spiro atoms. The first-order chi connectivity index (χ1) is 14.6. The Bertz CT molecular complexity index is 1070. The number of rotatable bonds is 5. The molecule has 2 fully saturated rings. The quantitative estimate of drug-likeness (QED) is 0.590. The second-order valence-corrected chi connectivity index (χ2v) is 8.03. The fourth-order valence-corrected chi connectivity index (χ4v) is 4.50. The van der Waals surface area contributed by atoms with Crippen molar-refractivity contribution in [3.05, 3.63) is 36.3 Å². The van der Waals surface area contributed by atoms with Crippen molar-refractivity contribution in [1.82, 2.24) is 19.5 Å². The number of aliphatic hydroxyl groups is 1. The van der Waals surface area contributed by atoms with E-state index in [9.17, 15) is 15.0 Å². The molecule has 1 saturated carbocycles. The summed E-state index contributed by atoms with van der Waals surface area (Å²) in [7, 11) is 0. The van der Waals surface area contributed by atoms with Crippen LogP contribution in [-0.4, -0.2) is 54.9 Å². The normalized spacial score (nSPS) is 19.6. The zero-order valence-corrected chi connectivity index (χ0v) is 16.5. The molecular formula is C21H24N6O3. The molecule has 1 saturated heterocycles. The molecule has 3 aromatic rings. The van der Waals surface area contributed by atoms with Crippen molar-refractivity contribution in [2.45, 2.75) is 44.2 Å². The summed E-state index contributed by atoms with van der Waals surface area (Å²) in [4.78, 5) is 27.3. The summed E-state index contributed by atoms with van der Waals surface area (Å²) in [6.07, 6.45) is 8.04. The number of nitrogens with one attached hydrogen (secondary N) is 1. The molecule has 9 nitrogen and oxygen atoms in total. The second kappa shape index (κ2) is 7.56. The second-order valence-electron chi connectivity index (χ2n) is 8.03. The van der Waals surface area contributed by atoms with Gasteiger partial charge in [0.05, 0.1) is 18.0 Å². The molecule has 1 aliphatic heterocycles. The van der Waals surface area contributed by atoms with Gasteiger partial charge in [-0.05, 0) is 37.5 Å². The van der Waals surface area contributed by atoms with E-state index in [1.165, 1.54) is 0 Å². The van der Waals surface area contributed by atoms with Crippen LogP contribution in [0, 0.1) is 0 Å². The van der Waals surface area contributed by atoms with Gasteiger partial charge >= 0.3 is 5.97 Å². The van der Waals surface area contributed by atoms with Crippen molar-refractivity contribution in [3.63, 3.8) is 0 Å². The maximum absolute atomic E-state index is 11.8. The molecule has 0 amide bonds. The van der Waals surface area contributed by atoms with E-state index in [0.29, 0.717) is 24.0 Å². The smallest absolute Gasteiger partial charge is 0.352 e. The van der Waals surface area contributed by atoms with Gasteiger partial charge in [-0.1, -0.05) is 12.8 Å². The fraction of sp³-hybridized carbons (Fsp3) is 0.429. The van der Waals surface area contributed by atoms with Crippen LogP contribution in [0.3, 0.4) is 0 Å². The molecule has 0 radical (unpaired) electrons. The van der Waals surface area contributed by atoms with Crippen molar-refractivity contribution in [1.29, 1.82) is 0 Å². The molecule has 156 valence electrons. The van der Waals surface area contributed by atoms with Gasteiger partial charge < -0.3 is 25.0 Å². The van der Waals surface area contributed by atoms with E-state index in [1.807, 2.05) is 16.7 Å². The summed E-state index contributed by atoms with van der Waals surface area (Å²) < 4.78 is 1.85. The topological polar surface area (TPSA) is 116 Å². The average molecular weight is 408 g/mol. The number of aromatic carboxylic acids is 1. The van der Waals surface area contributed by atoms with Gasteiger partial charge in [0.1, 0.15) is 17.2 Å². The molecule has 1 atom stereocenters. The van der Waals surface area contributed by atoms with E-state index in [0.717, 1.165) is 49.7 Å². The Labute approximate surface area is 173 Å². The average Bonchev–Trinajstić information content (AvgIpc) is 3.47. The van der Waals surface area contributed by atoms with Crippen molar-refractivity contribution in [2.24, 2.45) is 0 Å². The van der Waals surface area contributed by atoms with Crippen LogP contribution < -0.4 is 10.2 Å². The Kier molecular flexibility index (Phi) is 4.74. The minimum Gasteiger partial charge on any atom is -0.477 e. The molecule has 0 unspecified atom stereocenters. The predicted molar refractivity (Wildman–Crippen MR) is 112 cm³/mol. The van der Waals surface area contributed by atoms with Crippen molar-refractivity contribution >= 4 is 34.5 Å². The highest BCUT2D eigenvalue weighted by Crippen LogP contribution is 2.34. The standard InChI is InChI=1S/C21H24N6O3/c28-16-7-8-26(12-16)15-5-6-18(22-11-15)24-21-23-10-13-9-17(20(29)30)27(19(13)25-21)14-3-1-2-4-14/h5-6,9-11,14,16,28H,1-4,7-8,12H2,(H,29,30)(H,22,23,24,25)/t16-/m0/s1. The van der Waals surface area contributed by atoms with Gasteiger partial charge in [0.2, 0.25) is 5.95 Å². The van der Waals surface area contributed by atoms with E-state index in [1.54, 1.807) is 18.5 Å². The Morgan fingerprint density at radius 1 is 1.13 bits per heavy atom. The number of hydrogen-bond acceptors (Lipinski definition) is 7. The number of fused-ring (bicyclic) bond motifs is 1. The van der Waals surface area contributed by atoms with Crippen molar-refractivity contribution in [2.75, 3.05) is 23.3 Å². The number of aromatic nitrogens is 4. The van der Waals surface area contributed by atoms with Gasteiger partial charge in [-0.15, -0.1) is 0 Å². The lowest BCUT2D eigenvalue weighted by Gasteiger charge is -2.17. The maximum atomic E-state index is 11.8. The monoisotopic (exact) mass is 408 g/mol. The minimum absolute atomic E-state index is 0.157. The lowest BCUT2D eigenvalue weighted by molar-refractivity contribution is 0.0683. The molecule has 5 rings (SSSR count). The van der Waals surface area contributed by atoms with Gasteiger partial charge in [0.15, 0.2) is 0 Å². The molecule has 1 aliphatic carbocycles. The molecule has 0 aromatic carbocycles. The predicted octanol–water partition coefficient (Wildman–Crippen LogP) is 2.95. The number of carbonyl (C=O) groups is 1. The van der Waals surface area contributed by atoms with Crippen LogP contribution in [-0.2, 0) is 0 Å². The lowest BCUT2D eigenvalue weighted by atomic mass is 10.2. The summed E-state index contributed by atoms with van der Waals surface area (Å²) in [5.41, 5.74) is 1.87. The Balaban J connectivity index is 1.42. The molecule has 30 heavy (non-hydrogen) atoms. The molecule has 4 heterocycles. The molecule has 2 aliphatic rings. The highest BCUT2D eigenvalue weighted by molar-refractivity contribution is 5.93. The Hall–Kier alpha value is -3.20. The fourth-order valence-electron chi connectivity index (χ4n) is 4.50. The lowest BCUT2D eigenvalue weighted by Crippen LogP contribution is -2.21. The van der Waals surface area contributed by atoms with Crippen LogP contribution >= 0.6 is 0 Å². The van der Waals surface area contributed by atoms with E-state index in [4.69, 9.17) is 0 Å². The molecule has 9 heteroatoms. The van der Waals surface area contributed by atoms with Crippen molar-refractivity contribution < 1.29 is 15.0 Å². The molecule has 0 bridgehead atoms. The number of carboxylic acid groups (broad SMARTS) is 1. The summed E-state index contributed by atoms with van der Waals surface area (Å²) in [5, 5.41) is 23.2. The van der Waals surface area contributed by atoms with Gasteiger partial charge in [-0.25, -0.2) is 14.8 Å². The number of carboxylic acids is 1. The number of β-amino-alcohol motifs (C(OH)–C–C–N with tert-alkyl or cyclic N) is 1. The van der Waals surface area contributed by atoms with Crippen LogP contribution in [0.2, 0.25) is 0 Å². The van der Waals surface area contributed by atoms with E-state index >= 15 is 0 Å². The summed E-state index contributed by atoms with van der Waals surface area (Å²) in [6.45, 7) is 1.44. The highest BCUT2D eigenvalue weighted by Gasteiger charge is 2.25. The van der Waals surface area contributed by atoms with Crippen LogP contribution in [0.1, 0.15) is 48.6 Å². The summed E-state index contributed by atoms with van der Waals surface area (Å²) in [6, 6.07) is 5.61. The van der Waals surface area contributed by atoms with E-state index < -0.39 is 5.97 Å². The largest absolute Gasteiger partial charge is 0.477 e. The maximum Gasteiger partial charge on any atom is 0.352 e.